The Bertz CT molecular complexity index is 1210. The molecular formula is C30H37N5O2. The number of pyridine rings is 2. The number of ether oxygens (including phenoxy) is 1. The number of fused-ring (bicyclic) bond motifs is 1. The van der Waals surface area contributed by atoms with Gasteiger partial charge < -0.3 is 14.5 Å². The van der Waals surface area contributed by atoms with E-state index in [1.165, 1.54) is 11.1 Å². The SMILES string of the molecule is CC(C)Oc1cc(-c2ccc(CN3CCN(C[C@H](C)CN4CCc5ccccc5C4)C3=O)nc2)ccn1. The minimum atomic E-state index is 0.0751. The van der Waals surface area contributed by atoms with E-state index >= 15 is 0 Å². The topological polar surface area (TPSA) is 61.8 Å². The Balaban J connectivity index is 1.12. The average molecular weight is 500 g/mol. The molecule has 2 aliphatic heterocycles. The molecule has 0 unspecified atom stereocenters. The molecule has 1 atom stereocenters. The molecule has 4 heterocycles. The Morgan fingerprint density at radius 3 is 2.49 bits per heavy atom. The number of benzene rings is 1. The third-order valence-corrected chi connectivity index (χ3v) is 7.09. The molecule has 3 aromatic rings. The number of rotatable bonds is 9. The van der Waals surface area contributed by atoms with E-state index in [-0.39, 0.29) is 12.1 Å². The van der Waals surface area contributed by atoms with Crippen LogP contribution < -0.4 is 4.74 Å². The minimum Gasteiger partial charge on any atom is -0.475 e. The Morgan fingerprint density at radius 2 is 1.70 bits per heavy atom. The summed E-state index contributed by atoms with van der Waals surface area (Å²) in [5.74, 6) is 1.04. The fraction of sp³-hybridized carbons (Fsp3) is 0.433. The summed E-state index contributed by atoms with van der Waals surface area (Å²) in [6.07, 6.45) is 4.80. The van der Waals surface area contributed by atoms with Crippen LogP contribution >= 0.6 is 0 Å². The van der Waals surface area contributed by atoms with Gasteiger partial charge in [-0.05, 0) is 55.0 Å². The summed E-state index contributed by atoms with van der Waals surface area (Å²) in [5, 5.41) is 0. The molecule has 1 aromatic carbocycles. The lowest BCUT2D eigenvalue weighted by Crippen LogP contribution is -2.39. The van der Waals surface area contributed by atoms with Gasteiger partial charge in [0.1, 0.15) is 0 Å². The van der Waals surface area contributed by atoms with E-state index in [0.29, 0.717) is 18.3 Å². The van der Waals surface area contributed by atoms with Crippen LogP contribution in [-0.4, -0.2) is 69.5 Å². The zero-order valence-electron chi connectivity index (χ0n) is 22.1. The zero-order valence-corrected chi connectivity index (χ0v) is 22.1. The standard InChI is InChI=1S/C30H37N5O2/c1-22(2)37-29-16-25(10-12-31-29)26-8-9-28(32-17-26)21-35-15-14-34(30(35)36)19-23(3)18-33-13-11-24-6-4-5-7-27(24)20-33/h4-10,12,16-17,22-23H,11,13-15,18-21H2,1-3H3/t23-/m1/s1. The molecule has 2 aliphatic rings. The number of carbonyl (C=O) groups is 1. The Kier molecular flexibility index (Phi) is 7.70. The first-order valence-electron chi connectivity index (χ1n) is 13.4. The first-order chi connectivity index (χ1) is 17.9. The van der Waals surface area contributed by atoms with Crippen LogP contribution in [0.5, 0.6) is 5.88 Å². The fourth-order valence-corrected chi connectivity index (χ4v) is 5.31. The zero-order chi connectivity index (χ0) is 25.8. The number of urea groups is 1. The van der Waals surface area contributed by atoms with Gasteiger partial charge >= 0.3 is 6.03 Å². The number of nitrogens with zero attached hydrogens (tertiary/aromatic N) is 5. The predicted molar refractivity (Wildman–Crippen MR) is 145 cm³/mol. The third kappa shape index (κ3) is 6.28. The molecule has 0 bridgehead atoms. The van der Waals surface area contributed by atoms with Crippen LogP contribution in [0.15, 0.2) is 60.9 Å². The molecule has 2 amide bonds. The Hall–Kier alpha value is -3.45. The van der Waals surface area contributed by atoms with E-state index in [1.807, 2.05) is 54.1 Å². The van der Waals surface area contributed by atoms with Crippen LogP contribution in [0.3, 0.4) is 0 Å². The van der Waals surface area contributed by atoms with Gasteiger partial charge in [-0.1, -0.05) is 37.3 Å². The summed E-state index contributed by atoms with van der Waals surface area (Å²) >= 11 is 0. The quantitative estimate of drug-likeness (QED) is 0.421. The first kappa shape index (κ1) is 25.2. The van der Waals surface area contributed by atoms with Crippen LogP contribution in [0.1, 0.15) is 37.6 Å². The lowest BCUT2D eigenvalue weighted by molar-refractivity contribution is 0.170. The molecule has 37 heavy (non-hydrogen) atoms. The molecule has 2 aromatic heterocycles. The maximum Gasteiger partial charge on any atom is 0.320 e. The maximum absolute atomic E-state index is 13.1. The van der Waals surface area contributed by atoms with E-state index in [0.717, 1.165) is 62.5 Å². The van der Waals surface area contributed by atoms with Gasteiger partial charge in [0.2, 0.25) is 5.88 Å². The van der Waals surface area contributed by atoms with E-state index in [9.17, 15) is 4.79 Å². The van der Waals surface area contributed by atoms with Crippen LogP contribution in [0, 0.1) is 5.92 Å². The van der Waals surface area contributed by atoms with Crippen molar-refractivity contribution in [3.8, 4) is 17.0 Å². The highest BCUT2D eigenvalue weighted by Crippen LogP contribution is 2.24. The van der Waals surface area contributed by atoms with Gasteiger partial charge in [0.05, 0.1) is 18.3 Å². The van der Waals surface area contributed by atoms with Crippen molar-refractivity contribution in [2.24, 2.45) is 5.92 Å². The number of hydrogen-bond donors (Lipinski definition) is 0. The van der Waals surface area contributed by atoms with Gasteiger partial charge in [0.25, 0.3) is 0 Å². The first-order valence-corrected chi connectivity index (χ1v) is 13.4. The van der Waals surface area contributed by atoms with Crippen molar-refractivity contribution in [1.29, 1.82) is 0 Å². The van der Waals surface area contributed by atoms with Crippen molar-refractivity contribution in [3.63, 3.8) is 0 Å². The minimum absolute atomic E-state index is 0.0751. The van der Waals surface area contributed by atoms with E-state index in [4.69, 9.17) is 4.74 Å². The van der Waals surface area contributed by atoms with Crippen molar-refractivity contribution in [1.82, 2.24) is 24.7 Å². The van der Waals surface area contributed by atoms with E-state index in [1.54, 1.807) is 6.20 Å². The van der Waals surface area contributed by atoms with Gasteiger partial charge in [-0.15, -0.1) is 0 Å². The largest absolute Gasteiger partial charge is 0.475 e. The smallest absolute Gasteiger partial charge is 0.320 e. The summed E-state index contributed by atoms with van der Waals surface area (Å²) in [7, 11) is 0. The molecule has 0 saturated carbocycles. The molecule has 194 valence electrons. The molecule has 0 spiro atoms. The maximum atomic E-state index is 13.1. The molecule has 0 radical (unpaired) electrons. The van der Waals surface area contributed by atoms with Crippen molar-refractivity contribution >= 4 is 6.03 Å². The Morgan fingerprint density at radius 1 is 0.892 bits per heavy atom. The van der Waals surface area contributed by atoms with Crippen LogP contribution in [-0.2, 0) is 19.5 Å². The van der Waals surface area contributed by atoms with E-state index in [2.05, 4.69) is 46.1 Å². The summed E-state index contributed by atoms with van der Waals surface area (Å²) in [6, 6.07) is 16.8. The summed E-state index contributed by atoms with van der Waals surface area (Å²) in [5.41, 5.74) is 5.83. The summed E-state index contributed by atoms with van der Waals surface area (Å²) in [6.45, 7) is 12.2. The highest BCUT2D eigenvalue weighted by molar-refractivity contribution is 5.76. The summed E-state index contributed by atoms with van der Waals surface area (Å²) < 4.78 is 5.71. The second-order valence-corrected chi connectivity index (χ2v) is 10.6. The highest BCUT2D eigenvalue weighted by atomic mass is 16.5. The van der Waals surface area contributed by atoms with Crippen molar-refractivity contribution in [2.75, 3.05) is 32.7 Å². The van der Waals surface area contributed by atoms with Crippen molar-refractivity contribution < 1.29 is 9.53 Å². The average Bonchev–Trinajstić information content (AvgIpc) is 3.22. The van der Waals surface area contributed by atoms with Crippen molar-refractivity contribution in [3.05, 3.63) is 77.7 Å². The second kappa shape index (κ2) is 11.3. The number of hydrogen-bond acceptors (Lipinski definition) is 5. The monoisotopic (exact) mass is 499 g/mol. The van der Waals surface area contributed by atoms with Crippen molar-refractivity contribution in [2.45, 2.75) is 46.4 Å². The second-order valence-electron chi connectivity index (χ2n) is 10.6. The molecule has 0 N–H and O–H groups in total. The number of amides is 2. The van der Waals surface area contributed by atoms with Crippen LogP contribution in [0.4, 0.5) is 4.79 Å². The number of carbonyl (C=O) groups excluding carboxylic acids is 1. The van der Waals surface area contributed by atoms with Gasteiger partial charge in [-0.3, -0.25) is 9.88 Å². The van der Waals surface area contributed by atoms with Crippen LogP contribution in [0.25, 0.3) is 11.1 Å². The van der Waals surface area contributed by atoms with Crippen LogP contribution in [0.2, 0.25) is 0 Å². The lowest BCUT2D eigenvalue weighted by atomic mass is 9.99. The predicted octanol–water partition coefficient (Wildman–Crippen LogP) is 4.86. The molecular weight excluding hydrogens is 462 g/mol. The third-order valence-electron chi connectivity index (χ3n) is 7.09. The highest BCUT2D eigenvalue weighted by Gasteiger charge is 2.30. The molecule has 1 saturated heterocycles. The molecule has 7 heteroatoms. The molecule has 7 nitrogen and oxygen atoms in total. The van der Waals surface area contributed by atoms with Gasteiger partial charge in [-0.2, -0.15) is 0 Å². The Labute approximate surface area is 220 Å². The lowest BCUT2D eigenvalue weighted by Gasteiger charge is -2.32. The van der Waals surface area contributed by atoms with Gasteiger partial charge in [0, 0.05) is 63.3 Å². The van der Waals surface area contributed by atoms with E-state index < -0.39 is 0 Å². The summed E-state index contributed by atoms with van der Waals surface area (Å²) in [4.78, 5) is 28.5. The van der Waals surface area contributed by atoms with Gasteiger partial charge in [-0.25, -0.2) is 9.78 Å². The number of aromatic nitrogens is 2. The molecule has 1 fully saturated rings. The molecule has 5 rings (SSSR count). The normalized spacial score (nSPS) is 16.8. The van der Waals surface area contributed by atoms with Gasteiger partial charge in [0.15, 0.2) is 0 Å². The molecule has 0 aliphatic carbocycles. The fourth-order valence-electron chi connectivity index (χ4n) is 5.31.